The quantitative estimate of drug-likeness (QED) is 0.390. The van der Waals surface area contributed by atoms with Gasteiger partial charge in [0, 0.05) is 18.8 Å². The summed E-state index contributed by atoms with van der Waals surface area (Å²) in [6.07, 6.45) is 5.47. The third-order valence-electron chi connectivity index (χ3n) is 4.33. The average Bonchev–Trinajstić information content (AvgIpc) is 3.16. The molecule has 1 aliphatic rings. The zero-order valence-electron chi connectivity index (χ0n) is 15.2. The van der Waals surface area contributed by atoms with Crippen LogP contribution in [0.2, 0.25) is 0 Å². The Balaban J connectivity index is 1.69. The van der Waals surface area contributed by atoms with Crippen LogP contribution in [0, 0.1) is 10.1 Å². The predicted molar refractivity (Wildman–Crippen MR) is 102 cm³/mol. The molecule has 1 aliphatic carbocycles. The first kappa shape index (κ1) is 18.8. The number of hydrogen-bond acceptors (Lipinski definition) is 8. The topological polar surface area (TPSA) is 111 Å². The van der Waals surface area contributed by atoms with E-state index in [-0.39, 0.29) is 17.5 Å². The van der Waals surface area contributed by atoms with Crippen LogP contribution in [-0.4, -0.2) is 41.3 Å². The molecule has 1 fully saturated rings. The van der Waals surface area contributed by atoms with Crippen LogP contribution >= 0.6 is 0 Å². The third-order valence-corrected chi connectivity index (χ3v) is 4.33. The van der Waals surface area contributed by atoms with E-state index in [9.17, 15) is 10.1 Å². The van der Waals surface area contributed by atoms with Crippen molar-refractivity contribution in [2.75, 3.05) is 31.0 Å². The van der Waals surface area contributed by atoms with E-state index in [1.54, 1.807) is 7.11 Å². The maximum absolute atomic E-state index is 11.3. The summed E-state index contributed by atoms with van der Waals surface area (Å²) in [6, 6.07) is 7.52. The van der Waals surface area contributed by atoms with Gasteiger partial charge in [-0.1, -0.05) is 12.8 Å². The van der Waals surface area contributed by atoms with Gasteiger partial charge < -0.3 is 20.1 Å². The highest BCUT2D eigenvalue weighted by atomic mass is 16.6. The zero-order chi connectivity index (χ0) is 19.1. The Morgan fingerprint density at radius 3 is 2.63 bits per heavy atom. The Hall–Kier alpha value is -2.94. The fourth-order valence-electron chi connectivity index (χ4n) is 2.95. The monoisotopic (exact) mass is 373 g/mol. The molecule has 27 heavy (non-hydrogen) atoms. The maximum atomic E-state index is 11.3. The van der Waals surface area contributed by atoms with Crippen molar-refractivity contribution in [2.24, 2.45) is 0 Å². The molecule has 9 heteroatoms. The highest BCUT2D eigenvalue weighted by Gasteiger charge is 2.22. The second-order valence-electron chi connectivity index (χ2n) is 6.30. The van der Waals surface area contributed by atoms with Crippen molar-refractivity contribution in [1.29, 1.82) is 0 Å². The minimum atomic E-state index is -0.465. The van der Waals surface area contributed by atoms with Crippen molar-refractivity contribution in [3.05, 3.63) is 40.6 Å². The minimum absolute atomic E-state index is 0.116. The van der Waals surface area contributed by atoms with Crippen LogP contribution in [0.1, 0.15) is 25.7 Å². The lowest BCUT2D eigenvalue weighted by atomic mass is 10.2. The van der Waals surface area contributed by atoms with Crippen molar-refractivity contribution in [2.45, 2.75) is 31.7 Å². The summed E-state index contributed by atoms with van der Waals surface area (Å²) >= 11 is 0. The Kier molecular flexibility index (Phi) is 6.37. The second-order valence-corrected chi connectivity index (χ2v) is 6.30. The lowest BCUT2D eigenvalue weighted by Gasteiger charge is -2.13. The number of anilines is 3. The molecule has 1 saturated carbocycles. The van der Waals surface area contributed by atoms with E-state index in [4.69, 9.17) is 9.47 Å². The van der Waals surface area contributed by atoms with Crippen molar-refractivity contribution >= 4 is 23.1 Å². The van der Waals surface area contributed by atoms with Crippen LogP contribution in [-0.2, 0) is 4.74 Å². The molecule has 0 radical (unpaired) electrons. The molecule has 0 amide bonds. The van der Waals surface area contributed by atoms with Gasteiger partial charge in [-0.3, -0.25) is 10.1 Å². The van der Waals surface area contributed by atoms with Crippen LogP contribution in [0.5, 0.6) is 5.75 Å². The van der Waals surface area contributed by atoms with Gasteiger partial charge in [0.1, 0.15) is 18.6 Å². The normalized spacial score (nSPS) is 14.1. The van der Waals surface area contributed by atoms with E-state index in [0.29, 0.717) is 19.2 Å². The number of methoxy groups -OCH3 is 1. The van der Waals surface area contributed by atoms with Crippen LogP contribution in [0.3, 0.4) is 0 Å². The highest BCUT2D eigenvalue weighted by Crippen LogP contribution is 2.28. The number of nitrogens with zero attached hydrogens (tertiary/aromatic N) is 3. The van der Waals surface area contributed by atoms with Gasteiger partial charge in [0.15, 0.2) is 0 Å². The van der Waals surface area contributed by atoms with Crippen molar-refractivity contribution in [3.63, 3.8) is 0 Å². The Morgan fingerprint density at radius 2 is 1.96 bits per heavy atom. The zero-order valence-corrected chi connectivity index (χ0v) is 15.2. The van der Waals surface area contributed by atoms with Crippen LogP contribution in [0.15, 0.2) is 30.5 Å². The van der Waals surface area contributed by atoms with Gasteiger partial charge in [0.05, 0.1) is 11.5 Å². The van der Waals surface area contributed by atoms with Gasteiger partial charge in [-0.15, -0.1) is 0 Å². The number of nitro groups is 1. The molecule has 9 nitrogen and oxygen atoms in total. The van der Waals surface area contributed by atoms with Crippen LogP contribution in [0.25, 0.3) is 0 Å². The molecular weight excluding hydrogens is 350 g/mol. The largest absolute Gasteiger partial charge is 0.491 e. The summed E-state index contributed by atoms with van der Waals surface area (Å²) in [5.41, 5.74) is 0.643. The van der Waals surface area contributed by atoms with E-state index in [1.165, 1.54) is 6.20 Å². The molecule has 0 spiro atoms. The highest BCUT2D eigenvalue weighted by molar-refractivity contribution is 5.61. The van der Waals surface area contributed by atoms with Gasteiger partial charge >= 0.3 is 5.69 Å². The lowest BCUT2D eigenvalue weighted by Crippen LogP contribution is -2.17. The number of benzene rings is 1. The number of rotatable bonds is 9. The summed E-state index contributed by atoms with van der Waals surface area (Å²) in [5.74, 6) is 1.28. The van der Waals surface area contributed by atoms with Crippen LogP contribution in [0.4, 0.5) is 23.1 Å². The van der Waals surface area contributed by atoms with E-state index in [0.717, 1.165) is 37.1 Å². The smallest absolute Gasteiger partial charge is 0.329 e. The summed E-state index contributed by atoms with van der Waals surface area (Å²) in [6.45, 7) is 0.998. The molecule has 2 N–H and O–H groups in total. The molecule has 3 rings (SSSR count). The van der Waals surface area contributed by atoms with E-state index < -0.39 is 4.92 Å². The number of aromatic nitrogens is 2. The fourth-order valence-corrected chi connectivity index (χ4v) is 2.95. The first-order chi connectivity index (χ1) is 13.2. The standard InChI is InChI=1S/C18H23N5O4/c1-26-10-11-27-15-8-6-14(7-9-15)21-18-19-12-16(23(24)25)17(22-18)20-13-4-2-3-5-13/h6-9,12-13H,2-5,10-11H2,1H3,(H2,19,20,21,22). The van der Waals surface area contributed by atoms with Gasteiger partial charge in [-0.05, 0) is 37.1 Å². The lowest BCUT2D eigenvalue weighted by molar-refractivity contribution is -0.384. The fraction of sp³-hybridized carbons (Fsp3) is 0.444. The Morgan fingerprint density at radius 1 is 1.22 bits per heavy atom. The summed E-state index contributed by atoms with van der Waals surface area (Å²) in [7, 11) is 1.62. The van der Waals surface area contributed by atoms with Crippen LogP contribution < -0.4 is 15.4 Å². The molecule has 144 valence electrons. The molecule has 2 aromatic rings. The average molecular weight is 373 g/mol. The SMILES string of the molecule is COCCOc1ccc(Nc2ncc([N+](=O)[O-])c(NC3CCCC3)n2)cc1. The summed E-state index contributed by atoms with van der Waals surface area (Å²) in [4.78, 5) is 19.2. The number of hydrogen-bond donors (Lipinski definition) is 2. The van der Waals surface area contributed by atoms with Gasteiger partial charge in [-0.25, -0.2) is 4.98 Å². The molecule has 0 unspecified atom stereocenters. The summed E-state index contributed by atoms with van der Waals surface area (Å²) in [5, 5.41) is 17.5. The predicted octanol–water partition coefficient (Wildman–Crippen LogP) is 3.51. The van der Waals surface area contributed by atoms with Gasteiger partial charge in [0.2, 0.25) is 11.8 Å². The molecule has 1 heterocycles. The Labute approximate surface area is 157 Å². The maximum Gasteiger partial charge on any atom is 0.329 e. The molecular formula is C18H23N5O4. The number of ether oxygens (including phenoxy) is 2. The van der Waals surface area contributed by atoms with Gasteiger partial charge in [0.25, 0.3) is 0 Å². The van der Waals surface area contributed by atoms with E-state index in [2.05, 4.69) is 20.6 Å². The molecule has 0 saturated heterocycles. The molecule has 0 bridgehead atoms. The minimum Gasteiger partial charge on any atom is -0.491 e. The van der Waals surface area contributed by atoms with Crippen molar-refractivity contribution in [1.82, 2.24) is 9.97 Å². The van der Waals surface area contributed by atoms with Gasteiger partial charge in [-0.2, -0.15) is 4.98 Å². The van der Waals surface area contributed by atoms with Crippen molar-refractivity contribution in [3.8, 4) is 5.75 Å². The third kappa shape index (κ3) is 5.27. The number of nitrogens with one attached hydrogen (secondary N) is 2. The Bertz CT molecular complexity index is 763. The van der Waals surface area contributed by atoms with Crippen molar-refractivity contribution < 1.29 is 14.4 Å². The molecule has 1 aromatic carbocycles. The second kappa shape index (κ2) is 9.13. The molecule has 1 aromatic heterocycles. The first-order valence-electron chi connectivity index (χ1n) is 8.92. The molecule has 0 atom stereocenters. The summed E-state index contributed by atoms with van der Waals surface area (Å²) < 4.78 is 10.5. The molecule has 0 aliphatic heterocycles. The van der Waals surface area contributed by atoms with E-state index >= 15 is 0 Å². The first-order valence-corrected chi connectivity index (χ1v) is 8.92. The van der Waals surface area contributed by atoms with E-state index in [1.807, 2.05) is 24.3 Å².